The van der Waals surface area contributed by atoms with E-state index in [1.54, 1.807) is 0 Å². The van der Waals surface area contributed by atoms with Crippen LogP contribution in [0.15, 0.2) is 0 Å². The molecule has 1 atom stereocenters. The third-order valence-electron chi connectivity index (χ3n) is 1.97. The predicted octanol–water partition coefficient (Wildman–Crippen LogP) is 0.0379. The van der Waals surface area contributed by atoms with E-state index in [4.69, 9.17) is 10.8 Å². The van der Waals surface area contributed by atoms with E-state index >= 15 is 0 Å². The van der Waals surface area contributed by atoms with Gasteiger partial charge in [0.25, 0.3) is 0 Å². The van der Waals surface area contributed by atoms with Gasteiger partial charge in [-0.1, -0.05) is 6.92 Å². The van der Waals surface area contributed by atoms with Crippen molar-refractivity contribution in [3.05, 3.63) is 0 Å². The quantitative estimate of drug-likeness (QED) is 0.597. The van der Waals surface area contributed by atoms with Crippen molar-refractivity contribution in [2.75, 3.05) is 26.7 Å². The van der Waals surface area contributed by atoms with E-state index in [2.05, 4.69) is 11.8 Å². The van der Waals surface area contributed by atoms with Gasteiger partial charge in [-0.2, -0.15) is 0 Å². The normalized spacial score (nSPS) is 16.9. The van der Waals surface area contributed by atoms with Gasteiger partial charge in [-0.15, -0.1) is 0 Å². The molecule has 0 fully saturated rings. The van der Waals surface area contributed by atoms with Crippen molar-refractivity contribution >= 4 is 0 Å². The van der Waals surface area contributed by atoms with Gasteiger partial charge in [0.2, 0.25) is 0 Å². The number of nitrogens with zero attached hydrogens (tertiary/aromatic N) is 1. The smallest absolute Gasteiger partial charge is 0.0608 e. The fourth-order valence-corrected chi connectivity index (χ4v) is 0.683. The third-order valence-corrected chi connectivity index (χ3v) is 1.97. The molecule has 3 heteroatoms. The SMILES string of the molecule is CCN(C)CCC(C)(N)CO. The standard InChI is InChI=1S/C8H20N2O/c1-4-10(3)6-5-8(2,9)7-11/h11H,4-7,9H2,1-3H3. The van der Waals surface area contributed by atoms with E-state index in [0.29, 0.717) is 0 Å². The molecule has 0 radical (unpaired) electrons. The Labute approximate surface area is 69.2 Å². The highest BCUT2D eigenvalue weighted by Crippen LogP contribution is 2.04. The largest absolute Gasteiger partial charge is 0.394 e. The van der Waals surface area contributed by atoms with Crippen LogP contribution in [0, 0.1) is 0 Å². The summed E-state index contributed by atoms with van der Waals surface area (Å²) < 4.78 is 0. The van der Waals surface area contributed by atoms with Crippen LogP contribution < -0.4 is 5.73 Å². The molecule has 0 aromatic rings. The molecule has 0 aliphatic heterocycles. The zero-order valence-electron chi connectivity index (χ0n) is 7.80. The lowest BCUT2D eigenvalue weighted by molar-refractivity contribution is 0.185. The molecule has 0 saturated heterocycles. The molecule has 0 aliphatic rings. The summed E-state index contributed by atoms with van der Waals surface area (Å²) in [5.74, 6) is 0. The second-order valence-corrected chi connectivity index (χ2v) is 3.46. The topological polar surface area (TPSA) is 49.5 Å². The maximum absolute atomic E-state index is 8.84. The van der Waals surface area contributed by atoms with Gasteiger partial charge in [0, 0.05) is 5.54 Å². The Hall–Kier alpha value is -0.120. The van der Waals surface area contributed by atoms with Gasteiger partial charge in [-0.3, -0.25) is 0 Å². The number of hydrogen-bond acceptors (Lipinski definition) is 3. The molecule has 0 aromatic carbocycles. The van der Waals surface area contributed by atoms with Gasteiger partial charge in [-0.05, 0) is 33.5 Å². The Morgan fingerprint density at radius 1 is 1.55 bits per heavy atom. The lowest BCUT2D eigenvalue weighted by atomic mass is 10.0. The number of rotatable bonds is 5. The highest BCUT2D eigenvalue weighted by Gasteiger charge is 2.16. The summed E-state index contributed by atoms with van der Waals surface area (Å²) in [7, 11) is 2.05. The third kappa shape index (κ3) is 5.18. The lowest BCUT2D eigenvalue weighted by Gasteiger charge is -2.24. The van der Waals surface area contributed by atoms with Crippen LogP contribution in [0.3, 0.4) is 0 Å². The molecule has 68 valence electrons. The predicted molar refractivity (Wildman–Crippen MR) is 47.5 cm³/mol. The highest BCUT2D eigenvalue weighted by molar-refractivity contribution is 4.77. The van der Waals surface area contributed by atoms with E-state index in [1.165, 1.54) is 0 Å². The Morgan fingerprint density at radius 2 is 2.09 bits per heavy atom. The molecule has 0 aromatic heterocycles. The van der Waals surface area contributed by atoms with Gasteiger partial charge in [-0.25, -0.2) is 0 Å². The van der Waals surface area contributed by atoms with Crippen LogP contribution in [0.25, 0.3) is 0 Å². The van der Waals surface area contributed by atoms with Crippen LogP contribution in [0.1, 0.15) is 20.3 Å². The molecule has 3 nitrogen and oxygen atoms in total. The van der Waals surface area contributed by atoms with Crippen LogP contribution in [0.5, 0.6) is 0 Å². The fourth-order valence-electron chi connectivity index (χ4n) is 0.683. The zero-order valence-corrected chi connectivity index (χ0v) is 7.80. The van der Waals surface area contributed by atoms with Crippen molar-refractivity contribution in [3.63, 3.8) is 0 Å². The summed E-state index contributed by atoms with van der Waals surface area (Å²) in [5.41, 5.74) is 5.33. The van der Waals surface area contributed by atoms with Crippen molar-refractivity contribution < 1.29 is 5.11 Å². The number of nitrogens with two attached hydrogens (primary N) is 1. The van der Waals surface area contributed by atoms with Crippen molar-refractivity contribution in [2.24, 2.45) is 5.73 Å². The van der Waals surface area contributed by atoms with Crippen LogP contribution in [0.2, 0.25) is 0 Å². The second-order valence-electron chi connectivity index (χ2n) is 3.46. The highest BCUT2D eigenvalue weighted by atomic mass is 16.3. The van der Waals surface area contributed by atoms with E-state index in [0.717, 1.165) is 19.5 Å². The molecule has 1 unspecified atom stereocenters. The molecule has 0 heterocycles. The van der Waals surface area contributed by atoms with Gasteiger partial charge in [0.05, 0.1) is 6.61 Å². The number of aliphatic hydroxyl groups is 1. The van der Waals surface area contributed by atoms with E-state index < -0.39 is 5.54 Å². The van der Waals surface area contributed by atoms with Gasteiger partial charge in [0.15, 0.2) is 0 Å². The van der Waals surface area contributed by atoms with E-state index in [-0.39, 0.29) is 6.61 Å². The minimum absolute atomic E-state index is 0.0601. The van der Waals surface area contributed by atoms with Gasteiger partial charge >= 0.3 is 0 Å². The average molecular weight is 160 g/mol. The molecule has 3 N–H and O–H groups in total. The molecular formula is C8H20N2O. The van der Waals surface area contributed by atoms with Crippen LogP contribution in [0.4, 0.5) is 0 Å². The Balaban J connectivity index is 3.52. The molecule has 0 aliphatic carbocycles. The molecule has 11 heavy (non-hydrogen) atoms. The molecule has 0 rings (SSSR count). The number of aliphatic hydroxyl groups excluding tert-OH is 1. The molecular weight excluding hydrogens is 140 g/mol. The van der Waals surface area contributed by atoms with Crippen molar-refractivity contribution in [2.45, 2.75) is 25.8 Å². The first-order valence-electron chi connectivity index (χ1n) is 4.10. The molecule has 0 bridgehead atoms. The second kappa shape index (κ2) is 4.70. The lowest BCUT2D eigenvalue weighted by Crippen LogP contribution is -2.42. The molecule has 0 amide bonds. The molecule has 0 saturated carbocycles. The Bertz CT molecular complexity index is 104. The Kier molecular flexibility index (Phi) is 4.65. The monoisotopic (exact) mass is 160 g/mol. The van der Waals surface area contributed by atoms with Crippen molar-refractivity contribution in [3.8, 4) is 0 Å². The summed E-state index contributed by atoms with van der Waals surface area (Å²) in [4.78, 5) is 2.18. The minimum Gasteiger partial charge on any atom is -0.394 e. The first-order chi connectivity index (χ1) is 5.02. The minimum atomic E-state index is -0.413. The van der Waals surface area contributed by atoms with E-state index in [1.807, 2.05) is 14.0 Å². The molecule has 0 spiro atoms. The van der Waals surface area contributed by atoms with Crippen LogP contribution in [-0.2, 0) is 0 Å². The zero-order chi connectivity index (χ0) is 8.91. The Morgan fingerprint density at radius 3 is 2.45 bits per heavy atom. The number of hydrogen-bond donors (Lipinski definition) is 2. The first kappa shape index (κ1) is 10.9. The van der Waals surface area contributed by atoms with Crippen LogP contribution in [-0.4, -0.2) is 42.3 Å². The van der Waals surface area contributed by atoms with Gasteiger partial charge < -0.3 is 15.7 Å². The summed E-state index contributed by atoms with van der Waals surface area (Å²) in [6, 6.07) is 0. The first-order valence-corrected chi connectivity index (χ1v) is 4.10. The van der Waals surface area contributed by atoms with Crippen molar-refractivity contribution in [1.29, 1.82) is 0 Å². The summed E-state index contributed by atoms with van der Waals surface area (Å²) in [6.07, 6.45) is 0.841. The van der Waals surface area contributed by atoms with E-state index in [9.17, 15) is 0 Å². The summed E-state index contributed by atoms with van der Waals surface area (Å²) in [5, 5.41) is 8.84. The fraction of sp³-hybridized carbons (Fsp3) is 1.00. The van der Waals surface area contributed by atoms with Crippen molar-refractivity contribution in [1.82, 2.24) is 4.90 Å². The average Bonchev–Trinajstić information content (AvgIpc) is 2.00. The summed E-state index contributed by atoms with van der Waals surface area (Å²) in [6.45, 7) is 6.01. The maximum atomic E-state index is 8.84. The van der Waals surface area contributed by atoms with Gasteiger partial charge in [0.1, 0.15) is 0 Å². The van der Waals surface area contributed by atoms with Crippen LogP contribution >= 0.6 is 0 Å². The maximum Gasteiger partial charge on any atom is 0.0608 e. The summed E-state index contributed by atoms with van der Waals surface area (Å²) >= 11 is 0.